The van der Waals surface area contributed by atoms with Crippen molar-refractivity contribution >= 4 is 28.8 Å². The Balaban J connectivity index is 1.90. The van der Waals surface area contributed by atoms with Crippen molar-refractivity contribution in [3.63, 3.8) is 0 Å². The van der Waals surface area contributed by atoms with Crippen molar-refractivity contribution in [3.05, 3.63) is 58.5 Å². The van der Waals surface area contributed by atoms with Gasteiger partial charge in [0.1, 0.15) is 5.82 Å². The molecule has 0 saturated carbocycles. The van der Waals surface area contributed by atoms with Gasteiger partial charge in [0.15, 0.2) is 5.65 Å². The molecule has 0 saturated heterocycles. The predicted octanol–water partition coefficient (Wildman–Crippen LogP) is 3.25. The smallest absolute Gasteiger partial charge is 0.255 e. The Bertz CT molecular complexity index is 824. The molecule has 0 aliphatic heterocycles. The van der Waals surface area contributed by atoms with Crippen molar-refractivity contribution in [2.24, 2.45) is 0 Å². The molecular formula is C15H13ClN4O. The molecule has 0 bridgehead atoms. The highest BCUT2D eigenvalue weighted by molar-refractivity contribution is 6.30. The average Bonchev–Trinajstić information content (AvgIpc) is 2.80. The van der Waals surface area contributed by atoms with E-state index in [4.69, 9.17) is 11.6 Å². The van der Waals surface area contributed by atoms with E-state index in [0.717, 1.165) is 11.2 Å². The average molecular weight is 301 g/mol. The van der Waals surface area contributed by atoms with Crippen molar-refractivity contribution in [2.75, 3.05) is 5.32 Å². The largest absolute Gasteiger partial charge is 0.321 e. The first-order chi connectivity index (χ1) is 10.0. The van der Waals surface area contributed by atoms with Crippen LogP contribution < -0.4 is 5.32 Å². The summed E-state index contributed by atoms with van der Waals surface area (Å²) in [5.74, 6) is 0.501. The Morgan fingerprint density at radius 2 is 1.95 bits per heavy atom. The third kappa shape index (κ3) is 2.73. The highest BCUT2D eigenvalue weighted by atomic mass is 35.5. The number of benzene rings is 1. The lowest BCUT2D eigenvalue weighted by atomic mass is 10.2. The van der Waals surface area contributed by atoms with Gasteiger partial charge in [0, 0.05) is 10.6 Å². The number of pyridine rings is 1. The Morgan fingerprint density at radius 1 is 1.24 bits per heavy atom. The van der Waals surface area contributed by atoms with Crippen molar-refractivity contribution in [3.8, 4) is 0 Å². The summed E-state index contributed by atoms with van der Waals surface area (Å²) in [6, 6.07) is 8.61. The molecule has 0 fully saturated rings. The summed E-state index contributed by atoms with van der Waals surface area (Å²) in [6.07, 6.45) is 1.75. The molecule has 106 valence electrons. The van der Waals surface area contributed by atoms with Crippen LogP contribution in [0.25, 0.3) is 5.65 Å². The molecule has 1 aromatic carbocycles. The highest BCUT2D eigenvalue weighted by Gasteiger charge is 2.09. The van der Waals surface area contributed by atoms with Gasteiger partial charge in [-0.3, -0.25) is 4.79 Å². The monoisotopic (exact) mass is 300 g/mol. The maximum absolute atomic E-state index is 12.2. The maximum atomic E-state index is 12.2. The van der Waals surface area contributed by atoms with E-state index < -0.39 is 0 Å². The Kier molecular flexibility index (Phi) is 3.35. The minimum Gasteiger partial charge on any atom is -0.321 e. The number of amides is 1. The molecule has 0 unspecified atom stereocenters. The molecule has 3 rings (SSSR count). The third-order valence-corrected chi connectivity index (χ3v) is 3.34. The van der Waals surface area contributed by atoms with Crippen molar-refractivity contribution in [1.82, 2.24) is 14.6 Å². The van der Waals surface area contributed by atoms with Crippen LogP contribution in [-0.4, -0.2) is 20.5 Å². The summed E-state index contributed by atoms with van der Waals surface area (Å²) in [4.78, 5) is 16.5. The van der Waals surface area contributed by atoms with Gasteiger partial charge in [0.25, 0.3) is 5.91 Å². The summed E-state index contributed by atoms with van der Waals surface area (Å²) in [6.45, 7) is 3.76. The number of hydrogen-bond donors (Lipinski definition) is 1. The van der Waals surface area contributed by atoms with Crippen LogP contribution in [0.5, 0.6) is 0 Å². The first-order valence-corrected chi connectivity index (χ1v) is 6.81. The molecular weight excluding hydrogens is 288 g/mol. The lowest BCUT2D eigenvalue weighted by molar-refractivity contribution is 0.102. The van der Waals surface area contributed by atoms with Crippen LogP contribution in [0.1, 0.15) is 21.7 Å². The molecule has 0 atom stereocenters. The second-order valence-corrected chi connectivity index (χ2v) is 5.24. The number of nitrogens with zero attached hydrogens (tertiary/aromatic N) is 3. The summed E-state index contributed by atoms with van der Waals surface area (Å²) >= 11 is 5.81. The molecule has 5 nitrogen and oxygen atoms in total. The molecule has 2 aromatic heterocycles. The first-order valence-electron chi connectivity index (χ1n) is 6.43. The minimum absolute atomic E-state index is 0.192. The van der Waals surface area contributed by atoms with Gasteiger partial charge in [-0.1, -0.05) is 11.6 Å². The molecule has 3 aromatic rings. The number of aromatic nitrogens is 3. The highest BCUT2D eigenvalue weighted by Crippen LogP contribution is 2.16. The predicted molar refractivity (Wildman–Crippen MR) is 81.9 cm³/mol. The van der Waals surface area contributed by atoms with Gasteiger partial charge in [-0.25, -0.2) is 9.50 Å². The van der Waals surface area contributed by atoms with Gasteiger partial charge in [-0.05, 0) is 49.7 Å². The number of anilines is 1. The van der Waals surface area contributed by atoms with Gasteiger partial charge >= 0.3 is 0 Å². The second-order valence-electron chi connectivity index (χ2n) is 4.80. The summed E-state index contributed by atoms with van der Waals surface area (Å²) < 4.78 is 1.67. The van der Waals surface area contributed by atoms with Crippen LogP contribution in [0.4, 0.5) is 5.69 Å². The SMILES string of the molecule is Cc1nc2c(C)cc(NC(=O)c3ccc(Cl)cc3)cn2n1. The Morgan fingerprint density at radius 3 is 2.67 bits per heavy atom. The van der Waals surface area contributed by atoms with E-state index in [-0.39, 0.29) is 5.91 Å². The van der Waals surface area contributed by atoms with Gasteiger partial charge in [0.05, 0.1) is 11.9 Å². The molecule has 1 amide bonds. The number of fused-ring (bicyclic) bond motifs is 1. The first kappa shape index (κ1) is 13.6. The maximum Gasteiger partial charge on any atom is 0.255 e. The normalized spacial score (nSPS) is 10.8. The fourth-order valence-corrected chi connectivity index (χ4v) is 2.25. The van der Waals surface area contributed by atoms with Crippen LogP contribution in [0, 0.1) is 13.8 Å². The van der Waals surface area contributed by atoms with Crippen LogP contribution in [0.15, 0.2) is 36.5 Å². The fourth-order valence-electron chi connectivity index (χ4n) is 2.13. The number of hydrogen-bond acceptors (Lipinski definition) is 3. The fraction of sp³-hybridized carbons (Fsp3) is 0.133. The molecule has 0 aliphatic carbocycles. The van der Waals surface area contributed by atoms with Crippen LogP contribution in [0.3, 0.4) is 0 Å². The van der Waals surface area contributed by atoms with E-state index in [2.05, 4.69) is 15.4 Å². The quantitative estimate of drug-likeness (QED) is 0.790. The summed E-state index contributed by atoms with van der Waals surface area (Å²) in [5.41, 5.74) is 2.96. The van der Waals surface area contributed by atoms with E-state index in [1.54, 1.807) is 35.0 Å². The Hall–Kier alpha value is -2.40. The molecule has 0 aliphatic rings. The topological polar surface area (TPSA) is 59.3 Å². The van der Waals surface area contributed by atoms with Gasteiger partial charge in [0.2, 0.25) is 0 Å². The van der Waals surface area contributed by atoms with E-state index in [9.17, 15) is 4.79 Å². The zero-order chi connectivity index (χ0) is 15.0. The second kappa shape index (κ2) is 5.18. The van der Waals surface area contributed by atoms with E-state index in [1.165, 1.54) is 0 Å². The van der Waals surface area contributed by atoms with E-state index in [0.29, 0.717) is 22.1 Å². The summed E-state index contributed by atoms with van der Waals surface area (Å²) in [5, 5.41) is 7.71. The van der Waals surface area contributed by atoms with Gasteiger partial charge in [-0.15, -0.1) is 0 Å². The molecule has 0 radical (unpaired) electrons. The van der Waals surface area contributed by atoms with Crippen LogP contribution >= 0.6 is 11.6 Å². The van der Waals surface area contributed by atoms with E-state index in [1.807, 2.05) is 19.9 Å². The van der Waals surface area contributed by atoms with Crippen molar-refractivity contribution in [1.29, 1.82) is 0 Å². The van der Waals surface area contributed by atoms with Crippen molar-refractivity contribution in [2.45, 2.75) is 13.8 Å². The van der Waals surface area contributed by atoms with Crippen molar-refractivity contribution < 1.29 is 4.79 Å². The standard InChI is InChI=1S/C15H13ClN4O/c1-9-7-13(8-20-14(9)17-10(2)19-20)18-15(21)11-3-5-12(16)6-4-11/h3-8H,1-2H3,(H,18,21). The number of rotatable bonds is 2. The zero-order valence-electron chi connectivity index (χ0n) is 11.6. The lowest BCUT2D eigenvalue weighted by Gasteiger charge is -2.07. The molecule has 0 spiro atoms. The molecule has 6 heteroatoms. The van der Waals surface area contributed by atoms with Crippen LogP contribution in [-0.2, 0) is 0 Å². The minimum atomic E-state index is -0.192. The third-order valence-electron chi connectivity index (χ3n) is 3.09. The molecule has 21 heavy (non-hydrogen) atoms. The number of halogens is 1. The van der Waals surface area contributed by atoms with E-state index >= 15 is 0 Å². The number of carbonyl (C=O) groups excluding carboxylic acids is 1. The van der Waals surface area contributed by atoms with Gasteiger partial charge < -0.3 is 5.32 Å². The number of aryl methyl sites for hydroxylation is 2. The van der Waals surface area contributed by atoms with Gasteiger partial charge in [-0.2, -0.15) is 5.10 Å². The number of carbonyl (C=O) groups is 1. The summed E-state index contributed by atoms with van der Waals surface area (Å²) in [7, 11) is 0. The zero-order valence-corrected chi connectivity index (χ0v) is 12.3. The molecule has 1 N–H and O–H groups in total. The number of nitrogens with one attached hydrogen (secondary N) is 1. The Labute approximate surface area is 126 Å². The van der Waals surface area contributed by atoms with Crippen LogP contribution in [0.2, 0.25) is 5.02 Å². The lowest BCUT2D eigenvalue weighted by Crippen LogP contribution is -2.12. The molecule has 2 heterocycles.